The summed E-state index contributed by atoms with van der Waals surface area (Å²) in [5.74, 6) is 0. The molecule has 12 heavy (non-hydrogen) atoms. The van der Waals surface area contributed by atoms with Gasteiger partial charge in [0.2, 0.25) is 0 Å². The summed E-state index contributed by atoms with van der Waals surface area (Å²) in [6.45, 7) is 3.99. The summed E-state index contributed by atoms with van der Waals surface area (Å²) in [4.78, 5) is 0. The summed E-state index contributed by atoms with van der Waals surface area (Å²) in [5.41, 5.74) is 2.17. The van der Waals surface area contributed by atoms with E-state index in [1.165, 1.54) is 0 Å². The van der Waals surface area contributed by atoms with Crippen molar-refractivity contribution in [3.05, 3.63) is 33.8 Å². The Bertz CT molecular complexity index is 271. The topological polar surface area (TPSA) is 20.2 Å². The third-order valence-corrected chi connectivity index (χ3v) is 2.47. The second-order valence-corrected chi connectivity index (χ2v) is 3.84. The van der Waals surface area contributed by atoms with Crippen molar-refractivity contribution >= 4 is 15.9 Å². The molecule has 2 heteroatoms. The zero-order valence-corrected chi connectivity index (χ0v) is 8.93. The van der Waals surface area contributed by atoms with Crippen molar-refractivity contribution in [2.45, 2.75) is 26.4 Å². The van der Waals surface area contributed by atoms with Crippen LogP contribution in [0.5, 0.6) is 0 Å². The molecule has 1 aromatic rings. The fourth-order valence-corrected chi connectivity index (χ4v) is 1.71. The number of aliphatic hydroxyl groups excluding tert-OH is 1. The molecule has 0 aromatic heterocycles. The second-order valence-electron chi connectivity index (χ2n) is 2.92. The molecule has 0 unspecified atom stereocenters. The zero-order chi connectivity index (χ0) is 9.14. The van der Waals surface area contributed by atoms with Crippen molar-refractivity contribution in [3.63, 3.8) is 0 Å². The summed E-state index contributed by atoms with van der Waals surface area (Å²) >= 11 is 3.39. The lowest BCUT2D eigenvalue weighted by molar-refractivity contribution is 0.173. The third-order valence-electron chi connectivity index (χ3n) is 1.98. The Morgan fingerprint density at radius 3 is 2.67 bits per heavy atom. The van der Waals surface area contributed by atoms with Crippen LogP contribution in [0, 0.1) is 6.92 Å². The van der Waals surface area contributed by atoms with E-state index >= 15 is 0 Å². The van der Waals surface area contributed by atoms with E-state index in [9.17, 15) is 5.11 Å². The molecule has 1 N–H and O–H groups in total. The lowest BCUT2D eigenvalue weighted by Gasteiger charge is -2.11. The van der Waals surface area contributed by atoms with Crippen LogP contribution in [0.25, 0.3) is 0 Å². The standard InChI is InChI=1S/C10H13BrO/c1-3-10(12)9-5-4-8(11)6-7(9)2/h4-6,10,12H,3H2,1-2H3/t10-/m0/s1. The Labute approximate surface area is 81.6 Å². The van der Waals surface area contributed by atoms with E-state index in [2.05, 4.69) is 15.9 Å². The molecular weight excluding hydrogens is 216 g/mol. The number of halogens is 1. The van der Waals surface area contributed by atoms with Crippen LogP contribution >= 0.6 is 15.9 Å². The molecule has 0 heterocycles. The van der Waals surface area contributed by atoms with Crippen LogP contribution in [-0.2, 0) is 0 Å². The summed E-state index contributed by atoms with van der Waals surface area (Å²) in [6, 6.07) is 5.95. The van der Waals surface area contributed by atoms with Crippen LogP contribution in [0.2, 0.25) is 0 Å². The third kappa shape index (κ3) is 2.08. The molecule has 1 rings (SSSR count). The summed E-state index contributed by atoms with van der Waals surface area (Å²) in [5, 5.41) is 9.59. The van der Waals surface area contributed by atoms with Crippen molar-refractivity contribution in [1.29, 1.82) is 0 Å². The molecule has 0 aliphatic carbocycles. The molecule has 0 aliphatic heterocycles. The highest BCUT2D eigenvalue weighted by atomic mass is 79.9. The Hall–Kier alpha value is -0.340. The second kappa shape index (κ2) is 4.06. The van der Waals surface area contributed by atoms with Crippen LogP contribution in [-0.4, -0.2) is 5.11 Å². The van der Waals surface area contributed by atoms with Gasteiger partial charge in [-0.3, -0.25) is 0 Å². The van der Waals surface area contributed by atoms with Crippen LogP contribution in [0.4, 0.5) is 0 Å². The van der Waals surface area contributed by atoms with E-state index < -0.39 is 0 Å². The molecule has 0 spiro atoms. The fourth-order valence-electron chi connectivity index (χ4n) is 1.23. The van der Waals surface area contributed by atoms with Gasteiger partial charge in [-0.15, -0.1) is 0 Å². The van der Waals surface area contributed by atoms with Crippen molar-refractivity contribution < 1.29 is 5.11 Å². The number of aryl methyl sites for hydroxylation is 1. The highest BCUT2D eigenvalue weighted by Gasteiger charge is 2.07. The van der Waals surface area contributed by atoms with Crippen LogP contribution in [0.1, 0.15) is 30.6 Å². The van der Waals surface area contributed by atoms with Crippen molar-refractivity contribution in [2.75, 3.05) is 0 Å². The van der Waals surface area contributed by atoms with Gasteiger partial charge in [0.1, 0.15) is 0 Å². The first-order valence-electron chi connectivity index (χ1n) is 4.09. The molecular formula is C10H13BrO. The van der Waals surface area contributed by atoms with Gasteiger partial charge in [-0.2, -0.15) is 0 Å². The minimum Gasteiger partial charge on any atom is -0.388 e. The molecule has 0 bridgehead atoms. The van der Waals surface area contributed by atoms with Crippen molar-refractivity contribution in [1.82, 2.24) is 0 Å². The van der Waals surface area contributed by atoms with Gasteiger partial charge in [0.15, 0.2) is 0 Å². The number of rotatable bonds is 2. The normalized spacial score (nSPS) is 13.0. The molecule has 1 atom stereocenters. The van der Waals surface area contributed by atoms with Gasteiger partial charge in [-0.1, -0.05) is 28.9 Å². The lowest BCUT2D eigenvalue weighted by atomic mass is 10.0. The quantitative estimate of drug-likeness (QED) is 0.825. The SMILES string of the molecule is CC[C@H](O)c1ccc(Br)cc1C. The van der Waals surface area contributed by atoms with Crippen molar-refractivity contribution in [2.24, 2.45) is 0 Å². The minimum absolute atomic E-state index is 0.321. The van der Waals surface area contributed by atoms with Gasteiger partial charge in [0.25, 0.3) is 0 Å². The van der Waals surface area contributed by atoms with Gasteiger partial charge in [-0.05, 0) is 36.6 Å². The molecule has 66 valence electrons. The molecule has 0 radical (unpaired) electrons. The summed E-state index contributed by atoms with van der Waals surface area (Å²) in [7, 11) is 0. The van der Waals surface area contributed by atoms with Gasteiger partial charge >= 0.3 is 0 Å². The van der Waals surface area contributed by atoms with Crippen molar-refractivity contribution in [3.8, 4) is 0 Å². The molecule has 0 aliphatic rings. The molecule has 0 saturated carbocycles. The number of hydrogen-bond acceptors (Lipinski definition) is 1. The number of aliphatic hydroxyl groups is 1. The maximum atomic E-state index is 9.59. The average Bonchev–Trinajstić information content (AvgIpc) is 2.03. The van der Waals surface area contributed by atoms with Crippen LogP contribution < -0.4 is 0 Å². The Kier molecular flexibility index (Phi) is 3.29. The predicted octanol–water partition coefficient (Wildman–Crippen LogP) is 3.20. The molecule has 1 aromatic carbocycles. The largest absolute Gasteiger partial charge is 0.388 e. The highest BCUT2D eigenvalue weighted by molar-refractivity contribution is 9.10. The number of benzene rings is 1. The van der Waals surface area contributed by atoms with E-state index in [1.54, 1.807) is 0 Å². The van der Waals surface area contributed by atoms with Crippen LogP contribution in [0.3, 0.4) is 0 Å². The molecule has 1 nitrogen and oxygen atoms in total. The molecule has 0 fully saturated rings. The lowest BCUT2D eigenvalue weighted by Crippen LogP contribution is -1.97. The monoisotopic (exact) mass is 228 g/mol. The summed E-state index contributed by atoms with van der Waals surface area (Å²) < 4.78 is 1.06. The van der Waals surface area contributed by atoms with E-state index in [1.807, 2.05) is 32.0 Å². The first-order chi connectivity index (χ1) is 5.65. The molecule has 0 amide bonds. The average molecular weight is 229 g/mol. The van der Waals surface area contributed by atoms with Crippen LogP contribution in [0.15, 0.2) is 22.7 Å². The Balaban J connectivity index is 3.01. The fraction of sp³-hybridized carbons (Fsp3) is 0.400. The van der Waals surface area contributed by atoms with E-state index in [0.717, 1.165) is 22.0 Å². The summed E-state index contributed by atoms with van der Waals surface area (Å²) in [6.07, 6.45) is 0.445. The Morgan fingerprint density at radius 2 is 2.17 bits per heavy atom. The van der Waals surface area contributed by atoms with Gasteiger partial charge in [0, 0.05) is 4.47 Å². The van der Waals surface area contributed by atoms with E-state index in [0.29, 0.717) is 0 Å². The molecule has 0 saturated heterocycles. The van der Waals surface area contributed by atoms with Gasteiger partial charge < -0.3 is 5.11 Å². The Morgan fingerprint density at radius 1 is 1.50 bits per heavy atom. The van der Waals surface area contributed by atoms with E-state index in [4.69, 9.17) is 0 Å². The first kappa shape index (κ1) is 9.75. The predicted molar refractivity (Wildman–Crippen MR) is 54.1 cm³/mol. The zero-order valence-electron chi connectivity index (χ0n) is 7.34. The van der Waals surface area contributed by atoms with Gasteiger partial charge in [-0.25, -0.2) is 0 Å². The maximum absolute atomic E-state index is 9.59. The minimum atomic E-state index is -0.321. The number of hydrogen-bond donors (Lipinski definition) is 1. The maximum Gasteiger partial charge on any atom is 0.0790 e. The van der Waals surface area contributed by atoms with E-state index in [-0.39, 0.29) is 6.10 Å². The highest BCUT2D eigenvalue weighted by Crippen LogP contribution is 2.23. The van der Waals surface area contributed by atoms with Gasteiger partial charge in [0.05, 0.1) is 6.10 Å². The first-order valence-corrected chi connectivity index (χ1v) is 4.88. The smallest absolute Gasteiger partial charge is 0.0790 e.